The summed E-state index contributed by atoms with van der Waals surface area (Å²) in [4.78, 5) is 26.2. The van der Waals surface area contributed by atoms with Gasteiger partial charge in [-0.15, -0.1) is 0 Å². The molecule has 0 spiro atoms. The lowest BCUT2D eigenvalue weighted by atomic mass is 10.1. The molecule has 1 saturated heterocycles. The Labute approximate surface area is 152 Å². The predicted molar refractivity (Wildman–Crippen MR) is 92.6 cm³/mol. The van der Waals surface area contributed by atoms with Crippen LogP contribution >= 0.6 is 11.6 Å². The molecule has 0 aromatic heterocycles. The highest BCUT2D eigenvalue weighted by Gasteiger charge is 2.29. The fourth-order valence-corrected chi connectivity index (χ4v) is 3.09. The molecule has 1 heterocycles. The highest BCUT2D eigenvalue weighted by Crippen LogP contribution is 2.31. The number of carbonyl (C=O) groups excluding carboxylic acids is 1. The number of piperazine rings is 1. The van der Waals surface area contributed by atoms with E-state index < -0.39 is 28.0 Å². The first-order chi connectivity index (χ1) is 12.4. The maximum absolute atomic E-state index is 13.8. The maximum atomic E-state index is 13.8. The van der Waals surface area contributed by atoms with Crippen LogP contribution in [0.2, 0.25) is 5.02 Å². The zero-order chi connectivity index (χ0) is 18.8. The van der Waals surface area contributed by atoms with Gasteiger partial charge in [0.25, 0.3) is 11.6 Å². The molecule has 1 aliphatic rings. The van der Waals surface area contributed by atoms with Crippen LogP contribution in [0.5, 0.6) is 0 Å². The first-order valence-electron chi connectivity index (χ1n) is 7.80. The van der Waals surface area contributed by atoms with Crippen molar-refractivity contribution in [3.05, 3.63) is 68.7 Å². The van der Waals surface area contributed by atoms with Crippen molar-refractivity contribution in [2.24, 2.45) is 0 Å². The molecule has 1 fully saturated rings. The zero-order valence-corrected chi connectivity index (χ0v) is 14.2. The number of halogens is 3. The van der Waals surface area contributed by atoms with Gasteiger partial charge in [-0.1, -0.05) is 17.7 Å². The molecular formula is C17H14ClF2N3O3. The Morgan fingerprint density at radius 2 is 1.69 bits per heavy atom. The van der Waals surface area contributed by atoms with Crippen LogP contribution in [-0.2, 0) is 0 Å². The molecule has 3 rings (SSSR count). The molecule has 1 amide bonds. The summed E-state index contributed by atoms with van der Waals surface area (Å²) in [5.74, 6) is -2.55. The van der Waals surface area contributed by atoms with Crippen molar-refractivity contribution in [2.75, 3.05) is 31.1 Å². The lowest BCUT2D eigenvalue weighted by Gasteiger charge is -2.35. The van der Waals surface area contributed by atoms with Gasteiger partial charge in [0.15, 0.2) is 0 Å². The van der Waals surface area contributed by atoms with Crippen LogP contribution in [0.15, 0.2) is 36.4 Å². The Balaban J connectivity index is 1.76. The minimum absolute atomic E-state index is 0.127. The molecule has 2 aromatic carbocycles. The van der Waals surface area contributed by atoms with Crippen molar-refractivity contribution in [3.63, 3.8) is 0 Å². The summed E-state index contributed by atoms with van der Waals surface area (Å²) in [6.07, 6.45) is 0. The molecule has 0 saturated carbocycles. The average molecular weight is 382 g/mol. The van der Waals surface area contributed by atoms with Crippen LogP contribution in [-0.4, -0.2) is 41.9 Å². The maximum Gasteiger partial charge on any atom is 0.294 e. The van der Waals surface area contributed by atoms with Gasteiger partial charge in [0.1, 0.15) is 22.9 Å². The number of hydrogen-bond acceptors (Lipinski definition) is 4. The molecule has 0 radical (unpaired) electrons. The summed E-state index contributed by atoms with van der Waals surface area (Å²) in [7, 11) is 0. The summed E-state index contributed by atoms with van der Waals surface area (Å²) in [5.41, 5.74) is -0.320. The van der Waals surface area contributed by atoms with Crippen LogP contribution in [0.4, 0.5) is 20.2 Å². The molecule has 136 valence electrons. The van der Waals surface area contributed by atoms with Gasteiger partial charge in [0.2, 0.25) is 0 Å². The van der Waals surface area contributed by atoms with Crippen molar-refractivity contribution in [3.8, 4) is 0 Å². The number of nitrogens with zero attached hydrogens (tertiary/aromatic N) is 3. The largest absolute Gasteiger partial charge is 0.362 e. The third kappa shape index (κ3) is 3.45. The van der Waals surface area contributed by atoms with Gasteiger partial charge < -0.3 is 9.80 Å². The average Bonchev–Trinajstić information content (AvgIpc) is 2.61. The second kappa shape index (κ2) is 7.25. The summed E-state index contributed by atoms with van der Waals surface area (Å²) in [6, 6.07) is 7.63. The molecule has 0 bridgehead atoms. The van der Waals surface area contributed by atoms with E-state index in [-0.39, 0.29) is 23.8 Å². The molecular weight excluding hydrogens is 368 g/mol. The lowest BCUT2D eigenvalue weighted by Crippen LogP contribution is -2.49. The number of amides is 1. The lowest BCUT2D eigenvalue weighted by molar-refractivity contribution is -0.384. The van der Waals surface area contributed by atoms with Gasteiger partial charge in [0.05, 0.1) is 4.92 Å². The smallest absolute Gasteiger partial charge is 0.294 e. The first-order valence-corrected chi connectivity index (χ1v) is 8.18. The van der Waals surface area contributed by atoms with E-state index in [0.717, 1.165) is 12.1 Å². The van der Waals surface area contributed by atoms with Gasteiger partial charge in [-0.2, -0.15) is 0 Å². The number of nitro groups is 1. The second-order valence-electron chi connectivity index (χ2n) is 5.77. The predicted octanol–water partition coefficient (Wildman–Crippen LogP) is 3.49. The van der Waals surface area contributed by atoms with E-state index in [1.807, 2.05) is 0 Å². The monoisotopic (exact) mass is 381 g/mol. The van der Waals surface area contributed by atoms with Gasteiger partial charge in [-0.05, 0) is 24.3 Å². The fraction of sp³-hybridized carbons (Fsp3) is 0.235. The Hall–Kier alpha value is -2.74. The summed E-state index contributed by atoms with van der Waals surface area (Å²) in [6.45, 7) is 0.966. The van der Waals surface area contributed by atoms with Crippen molar-refractivity contribution in [2.45, 2.75) is 0 Å². The van der Waals surface area contributed by atoms with Crippen molar-refractivity contribution in [1.29, 1.82) is 0 Å². The number of nitro benzene ring substituents is 1. The minimum Gasteiger partial charge on any atom is -0.362 e. The fourth-order valence-electron chi connectivity index (χ4n) is 2.92. The molecule has 26 heavy (non-hydrogen) atoms. The van der Waals surface area contributed by atoms with Gasteiger partial charge >= 0.3 is 0 Å². The Bertz CT molecular complexity index is 850. The molecule has 2 aromatic rings. The number of carbonyl (C=O) groups is 1. The van der Waals surface area contributed by atoms with Gasteiger partial charge in [-0.25, -0.2) is 8.78 Å². The minimum atomic E-state index is -0.911. The van der Waals surface area contributed by atoms with E-state index in [9.17, 15) is 23.7 Å². The Morgan fingerprint density at radius 1 is 1.08 bits per heavy atom. The Kier molecular flexibility index (Phi) is 5.03. The number of hydrogen-bond donors (Lipinski definition) is 0. The SMILES string of the molecule is O=C(c1c(F)cccc1F)N1CCN(c2ccc(Cl)cc2[N+](=O)[O-])CC1. The first kappa shape index (κ1) is 18.1. The van der Waals surface area contributed by atoms with E-state index in [2.05, 4.69) is 0 Å². The van der Waals surface area contributed by atoms with Crippen molar-refractivity contribution < 1.29 is 18.5 Å². The van der Waals surface area contributed by atoms with Gasteiger partial charge in [-0.3, -0.25) is 14.9 Å². The second-order valence-corrected chi connectivity index (χ2v) is 6.20. The van der Waals surface area contributed by atoms with Crippen LogP contribution in [0.25, 0.3) is 0 Å². The molecule has 0 atom stereocenters. The summed E-state index contributed by atoms with van der Waals surface area (Å²) >= 11 is 5.82. The Morgan fingerprint density at radius 3 is 2.27 bits per heavy atom. The molecule has 1 aliphatic heterocycles. The van der Waals surface area contributed by atoms with E-state index in [4.69, 9.17) is 11.6 Å². The quantitative estimate of drug-likeness (QED) is 0.603. The van der Waals surface area contributed by atoms with Gasteiger partial charge in [0, 0.05) is 37.3 Å². The highest BCUT2D eigenvalue weighted by atomic mass is 35.5. The van der Waals surface area contributed by atoms with Crippen LogP contribution in [0.1, 0.15) is 10.4 Å². The number of anilines is 1. The van der Waals surface area contributed by atoms with E-state index in [1.54, 1.807) is 17.0 Å². The molecule has 0 unspecified atom stereocenters. The zero-order valence-electron chi connectivity index (χ0n) is 13.5. The van der Waals surface area contributed by atoms with Crippen LogP contribution in [0.3, 0.4) is 0 Å². The van der Waals surface area contributed by atoms with E-state index in [0.29, 0.717) is 18.8 Å². The molecule has 9 heteroatoms. The van der Waals surface area contributed by atoms with E-state index >= 15 is 0 Å². The third-order valence-electron chi connectivity index (χ3n) is 4.22. The topological polar surface area (TPSA) is 66.7 Å². The number of rotatable bonds is 3. The van der Waals surface area contributed by atoms with Crippen molar-refractivity contribution >= 4 is 28.9 Å². The standard InChI is InChI=1S/C17H14ClF2N3O3/c18-11-4-5-14(15(10-11)23(25)26)21-6-8-22(9-7-21)17(24)16-12(19)2-1-3-13(16)20/h1-5,10H,6-9H2. The summed E-state index contributed by atoms with van der Waals surface area (Å²) < 4.78 is 27.6. The van der Waals surface area contributed by atoms with Crippen LogP contribution < -0.4 is 4.90 Å². The van der Waals surface area contributed by atoms with Crippen LogP contribution in [0, 0.1) is 21.7 Å². The summed E-state index contributed by atoms with van der Waals surface area (Å²) in [5, 5.41) is 11.5. The number of benzene rings is 2. The third-order valence-corrected chi connectivity index (χ3v) is 4.45. The normalized spacial score (nSPS) is 14.4. The highest BCUT2D eigenvalue weighted by molar-refractivity contribution is 6.30. The van der Waals surface area contributed by atoms with E-state index in [1.165, 1.54) is 17.0 Å². The van der Waals surface area contributed by atoms with Crippen molar-refractivity contribution in [1.82, 2.24) is 4.90 Å². The molecule has 0 aliphatic carbocycles. The molecule has 6 nitrogen and oxygen atoms in total. The molecule has 0 N–H and O–H groups in total.